The summed E-state index contributed by atoms with van der Waals surface area (Å²) in [5.74, 6) is 0. The summed E-state index contributed by atoms with van der Waals surface area (Å²) in [5, 5.41) is 0. The van der Waals surface area contributed by atoms with Crippen molar-refractivity contribution in [1.29, 1.82) is 0 Å². The van der Waals surface area contributed by atoms with Crippen LogP contribution in [0.5, 0.6) is 0 Å². The number of aryl methyl sites for hydroxylation is 1. The topological polar surface area (TPSA) is 30.0 Å². The molecule has 0 aliphatic heterocycles. The van der Waals surface area contributed by atoms with Gasteiger partial charge in [0.2, 0.25) is 6.29 Å². The Morgan fingerprint density at radius 1 is 1.07 bits per heavy atom. The van der Waals surface area contributed by atoms with Crippen molar-refractivity contribution in [2.75, 3.05) is 0 Å². The highest BCUT2D eigenvalue weighted by molar-refractivity contribution is 5.75. The molecule has 0 atom stereocenters. The van der Waals surface area contributed by atoms with Crippen molar-refractivity contribution in [3.05, 3.63) is 53.7 Å². The van der Waals surface area contributed by atoms with E-state index >= 15 is 0 Å². The van der Waals surface area contributed by atoms with Gasteiger partial charge in [0.1, 0.15) is 0 Å². The summed E-state index contributed by atoms with van der Waals surface area (Å²) in [6.45, 7) is 2.04. The van der Waals surface area contributed by atoms with Crippen LogP contribution < -0.4 is 0 Å². The molecule has 2 nitrogen and oxygen atoms in total. The second-order valence-corrected chi connectivity index (χ2v) is 3.40. The summed E-state index contributed by atoms with van der Waals surface area (Å²) in [7, 11) is 0. The van der Waals surface area contributed by atoms with Crippen LogP contribution in [-0.2, 0) is 4.79 Å². The minimum absolute atomic E-state index is 0.478. The van der Waals surface area contributed by atoms with Crippen LogP contribution in [0.3, 0.4) is 0 Å². The molecule has 0 saturated heterocycles. The van der Waals surface area contributed by atoms with Crippen molar-refractivity contribution in [1.82, 2.24) is 4.98 Å². The molecular formula is C13H10NO. The zero-order valence-electron chi connectivity index (χ0n) is 8.40. The van der Waals surface area contributed by atoms with E-state index in [2.05, 4.69) is 4.98 Å². The molecule has 0 aliphatic carbocycles. The molecule has 0 saturated carbocycles. The first-order chi connectivity index (χ1) is 7.29. The van der Waals surface area contributed by atoms with Gasteiger partial charge in [0.25, 0.3) is 0 Å². The second kappa shape index (κ2) is 4.05. The Balaban J connectivity index is 2.37. The van der Waals surface area contributed by atoms with Crippen molar-refractivity contribution in [2.45, 2.75) is 6.92 Å². The standard InChI is InChI=1S/C13H10NO/c1-10-2-5-12(6-3-10)13-7-4-11(9-15)8-14-13/h2-8H,1H3. The van der Waals surface area contributed by atoms with Gasteiger partial charge in [-0.3, -0.25) is 9.78 Å². The predicted molar refractivity (Wildman–Crippen MR) is 59.2 cm³/mol. The van der Waals surface area contributed by atoms with Gasteiger partial charge in [-0.1, -0.05) is 29.8 Å². The molecule has 0 fully saturated rings. The quantitative estimate of drug-likeness (QED) is 0.738. The van der Waals surface area contributed by atoms with Crippen LogP contribution in [0, 0.1) is 6.92 Å². The lowest BCUT2D eigenvalue weighted by Gasteiger charge is -2.00. The third-order valence-electron chi connectivity index (χ3n) is 2.23. The lowest BCUT2D eigenvalue weighted by atomic mass is 10.1. The monoisotopic (exact) mass is 196 g/mol. The Kier molecular flexibility index (Phi) is 2.59. The van der Waals surface area contributed by atoms with E-state index in [1.807, 2.05) is 37.3 Å². The molecule has 0 amide bonds. The predicted octanol–water partition coefficient (Wildman–Crippen LogP) is 2.51. The fourth-order valence-electron chi connectivity index (χ4n) is 1.35. The number of hydrogen-bond donors (Lipinski definition) is 0. The third kappa shape index (κ3) is 2.10. The van der Waals surface area contributed by atoms with Crippen LogP contribution in [0.25, 0.3) is 11.3 Å². The molecule has 1 heterocycles. The van der Waals surface area contributed by atoms with E-state index in [0.717, 1.165) is 11.3 Å². The Morgan fingerprint density at radius 3 is 2.33 bits per heavy atom. The maximum Gasteiger partial charge on any atom is 0.235 e. The molecule has 73 valence electrons. The zero-order chi connectivity index (χ0) is 10.7. The van der Waals surface area contributed by atoms with E-state index in [1.54, 1.807) is 12.4 Å². The maximum atomic E-state index is 10.3. The number of pyridine rings is 1. The van der Waals surface area contributed by atoms with Gasteiger partial charge < -0.3 is 0 Å². The number of rotatable bonds is 2. The van der Waals surface area contributed by atoms with Gasteiger partial charge in [-0.15, -0.1) is 0 Å². The molecule has 2 rings (SSSR count). The smallest absolute Gasteiger partial charge is 0.235 e. The van der Waals surface area contributed by atoms with E-state index in [-0.39, 0.29) is 0 Å². The van der Waals surface area contributed by atoms with Gasteiger partial charge in [0.15, 0.2) is 0 Å². The highest BCUT2D eigenvalue weighted by Crippen LogP contribution is 2.16. The van der Waals surface area contributed by atoms with Crippen LogP contribution >= 0.6 is 0 Å². The third-order valence-corrected chi connectivity index (χ3v) is 2.23. The molecule has 0 aliphatic rings. The number of hydrogen-bond acceptors (Lipinski definition) is 2. The van der Waals surface area contributed by atoms with Gasteiger partial charge in [-0.2, -0.15) is 0 Å². The average Bonchev–Trinajstić information content (AvgIpc) is 2.30. The second-order valence-electron chi connectivity index (χ2n) is 3.40. The summed E-state index contributed by atoms with van der Waals surface area (Å²) in [5.41, 5.74) is 3.62. The lowest BCUT2D eigenvalue weighted by Crippen LogP contribution is -1.86. The van der Waals surface area contributed by atoms with Crippen LogP contribution in [0.4, 0.5) is 0 Å². The number of carbonyl (C=O) groups excluding carboxylic acids is 1. The van der Waals surface area contributed by atoms with Crippen LogP contribution in [0.1, 0.15) is 11.1 Å². The maximum absolute atomic E-state index is 10.3. The number of aromatic nitrogens is 1. The summed E-state index contributed by atoms with van der Waals surface area (Å²) < 4.78 is 0. The van der Waals surface area contributed by atoms with Crippen molar-refractivity contribution >= 4 is 6.29 Å². The Hall–Kier alpha value is -1.96. The molecule has 2 heteroatoms. The highest BCUT2D eigenvalue weighted by Gasteiger charge is 1.98. The van der Waals surface area contributed by atoms with Gasteiger partial charge in [-0.05, 0) is 19.1 Å². The summed E-state index contributed by atoms with van der Waals surface area (Å²) in [6.07, 6.45) is 3.33. The fraction of sp³-hybridized carbons (Fsp3) is 0.0769. The van der Waals surface area contributed by atoms with E-state index in [0.29, 0.717) is 5.56 Å². The van der Waals surface area contributed by atoms with E-state index in [9.17, 15) is 4.79 Å². The molecule has 0 N–H and O–H groups in total. The number of benzene rings is 1. The first kappa shape index (κ1) is 9.59. The Morgan fingerprint density at radius 2 is 1.80 bits per heavy atom. The van der Waals surface area contributed by atoms with Crippen LogP contribution in [0.15, 0.2) is 42.6 Å². The minimum atomic E-state index is 0.478. The molecule has 0 unspecified atom stereocenters. The SMILES string of the molecule is Cc1ccc(-c2ccc([C]=O)cn2)cc1. The molecule has 0 spiro atoms. The molecule has 2 aromatic rings. The van der Waals surface area contributed by atoms with Gasteiger partial charge in [0, 0.05) is 17.3 Å². The van der Waals surface area contributed by atoms with Gasteiger partial charge in [-0.25, -0.2) is 0 Å². The summed E-state index contributed by atoms with van der Waals surface area (Å²) >= 11 is 0. The minimum Gasteiger partial charge on any atom is -0.285 e. The van der Waals surface area contributed by atoms with Crippen LogP contribution in [0.2, 0.25) is 0 Å². The average molecular weight is 196 g/mol. The van der Waals surface area contributed by atoms with Crippen molar-refractivity contribution < 1.29 is 4.79 Å². The first-order valence-corrected chi connectivity index (χ1v) is 4.71. The van der Waals surface area contributed by atoms with Crippen molar-refractivity contribution in [3.8, 4) is 11.3 Å². The van der Waals surface area contributed by atoms with Gasteiger partial charge in [0.05, 0.1) is 5.69 Å². The fourth-order valence-corrected chi connectivity index (χ4v) is 1.35. The molecule has 15 heavy (non-hydrogen) atoms. The van der Waals surface area contributed by atoms with E-state index in [1.165, 1.54) is 11.8 Å². The molecular weight excluding hydrogens is 186 g/mol. The first-order valence-electron chi connectivity index (χ1n) is 4.71. The van der Waals surface area contributed by atoms with E-state index in [4.69, 9.17) is 0 Å². The normalized spacial score (nSPS) is 9.93. The lowest BCUT2D eigenvalue weighted by molar-refractivity contribution is 0.562. The Bertz CT molecular complexity index is 457. The van der Waals surface area contributed by atoms with Gasteiger partial charge >= 0.3 is 0 Å². The van der Waals surface area contributed by atoms with Crippen molar-refractivity contribution in [2.24, 2.45) is 0 Å². The number of nitrogens with zero attached hydrogens (tertiary/aromatic N) is 1. The van der Waals surface area contributed by atoms with Crippen LogP contribution in [-0.4, -0.2) is 11.3 Å². The zero-order valence-corrected chi connectivity index (χ0v) is 8.40. The molecule has 1 radical (unpaired) electrons. The van der Waals surface area contributed by atoms with E-state index < -0.39 is 0 Å². The molecule has 1 aromatic heterocycles. The summed E-state index contributed by atoms with van der Waals surface area (Å²) in [6, 6.07) is 11.7. The summed E-state index contributed by atoms with van der Waals surface area (Å²) in [4.78, 5) is 14.5. The van der Waals surface area contributed by atoms with Crippen molar-refractivity contribution in [3.63, 3.8) is 0 Å². The molecule has 0 bridgehead atoms. The highest BCUT2D eigenvalue weighted by atomic mass is 16.1. The Labute approximate surface area is 88.6 Å². The largest absolute Gasteiger partial charge is 0.285 e. The molecule has 1 aromatic carbocycles.